The number of hydrogen-bond donors (Lipinski definition) is 2. The maximum Gasteiger partial charge on any atom is 0.130 e. The smallest absolute Gasteiger partial charge is 0.130 e. The minimum atomic E-state index is 0.0783. The number of benzene rings is 3. The van der Waals surface area contributed by atoms with Gasteiger partial charge in [0.1, 0.15) is 16.2 Å². The molecule has 1 heterocycles. The summed E-state index contributed by atoms with van der Waals surface area (Å²) in [6, 6.07) is 21.9. The van der Waals surface area contributed by atoms with Crippen LogP contribution in [0.4, 0.5) is 0 Å². The van der Waals surface area contributed by atoms with E-state index in [4.69, 9.17) is 0 Å². The molecule has 0 amide bonds. The van der Waals surface area contributed by atoms with Gasteiger partial charge in [0.05, 0.1) is 5.56 Å². The van der Waals surface area contributed by atoms with Crippen molar-refractivity contribution < 1.29 is 5.11 Å². The Bertz CT molecular complexity index is 861. The number of fused-ring (bicyclic) bond motifs is 1. The topological polar surface area (TPSA) is 44.6 Å². The molecule has 0 saturated heterocycles. The van der Waals surface area contributed by atoms with Gasteiger partial charge in [-0.1, -0.05) is 72.4 Å². The van der Waals surface area contributed by atoms with Crippen LogP contribution < -0.4 is 5.43 Å². The summed E-state index contributed by atoms with van der Waals surface area (Å²) >= 11 is 1.62. The average Bonchev–Trinajstić information content (AvgIpc) is 3.05. The Labute approximate surface area is 132 Å². The number of nitrogens with zero attached hydrogens (tertiary/aromatic N) is 1. The fourth-order valence-corrected chi connectivity index (χ4v) is 3.71. The lowest BCUT2D eigenvalue weighted by molar-refractivity contribution is 0.475. The summed E-state index contributed by atoms with van der Waals surface area (Å²) < 4.78 is 0. The molecule has 0 bridgehead atoms. The predicted octanol–water partition coefficient (Wildman–Crippen LogP) is 4.24. The average molecular weight is 306 g/mol. The molecule has 1 atom stereocenters. The zero-order valence-corrected chi connectivity index (χ0v) is 12.5. The Morgan fingerprint density at radius 3 is 2.55 bits per heavy atom. The normalized spacial score (nSPS) is 17.3. The van der Waals surface area contributed by atoms with Crippen LogP contribution in [0.3, 0.4) is 0 Å². The quantitative estimate of drug-likeness (QED) is 0.744. The van der Waals surface area contributed by atoms with Gasteiger partial charge in [-0.25, -0.2) is 0 Å². The van der Waals surface area contributed by atoms with Gasteiger partial charge in [0.25, 0.3) is 0 Å². The number of hydrazone groups is 1. The van der Waals surface area contributed by atoms with E-state index in [2.05, 4.69) is 22.7 Å². The SMILES string of the molecule is Oc1ccc2ccccc2c1C1=NNC(c2ccccc2)S1. The third-order valence-electron chi connectivity index (χ3n) is 3.74. The maximum atomic E-state index is 10.3. The molecule has 0 aromatic heterocycles. The number of aromatic hydroxyl groups is 1. The maximum absolute atomic E-state index is 10.3. The molecule has 0 radical (unpaired) electrons. The van der Waals surface area contributed by atoms with Gasteiger partial charge in [-0.3, -0.25) is 5.43 Å². The standard InChI is InChI=1S/C18H14N2OS/c21-15-11-10-12-6-4-5-9-14(12)16(15)18-20-19-17(22-18)13-7-2-1-3-8-13/h1-11,17,19,21H. The van der Waals surface area contributed by atoms with Crippen molar-refractivity contribution in [2.24, 2.45) is 5.10 Å². The summed E-state index contributed by atoms with van der Waals surface area (Å²) in [6.07, 6.45) is 0. The molecule has 1 aliphatic heterocycles. The van der Waals surface area contributed by atoms with Crippen molar-refractivity contribution in [3.05, 3.63) is 77.9 Å². The lowest BCUT2D eigenvalue weighted by Gasteiger charge is -2.10. The van der Waals surface area contributed by atoms with Crippen LogP contribution in [-0.4, -0.2) is 10.2 Å². The molecule has 1 unspecified atom stereocenters. The molecule has 0 spiro atoms. The van der Waals surface area contributed by atoms with E-state index in [-0.39, 0.29) is 11.1 Å². The zero-order valence-electron chi connectivity index (χ0n) is 11.7. The molecule has 0 saturated carbocycles. The molecular weight excluding hydrogens is 292 g/mol. The van der Waals surface area contributed by atoms with Gasteiger partial charge in [0.2, 0.25) is 0 Å². The van der Waals surface area contributed by atoms with Gasteiger partial charge in [-0.15, -0.1) is 0 Å². The number of phenols is 1. The molecule has 0 fully saturated rings. The highest BCUT2D eigenvalue weighted by molar-refractivity contribution is 8.14. The lowest BCUT2D eigenvalue weighted by atomic mass is 10.0. The van der Waals surface area contributed by atoms with Gasteiger partial charge >= 0.3 is 0 Å². The number of hydrogen-bond acceptors (Lipinski definition) is 4. The molecule has 1 aliphatic rings. The third kappa shape index (κ3) is 2.22. The van der Waals surface area contributed by atoms with Gasteiger partial charge in [-0.2, -0.15) is 5.10 Å². The summed E-state index contributed by atoms with van der Waals surface area (Å²) in [4.78, 5) is 0. The second kappa shape index (κ2) is 5.39. The van der Waals surface area contributed by atoms with E-state index in [0.29, 0.717) is 0 Å². The van der Waals surface area contributed by atoms with Crippen molar-refractivity contribution in [3.63, 3.8) is 0 Å². The van der Waals surface area contributed by atoms with E-state index in [0.717, 1.165) is 21.4 Å². The van der Waals surface area contributed by atoms with Crippen LogP contribution in [-0.2, 0) is 0 Å². The fraction of sp³-hybridized carbons (Fsp3) is 0.0556. The van der Waals surface area contributed by atoms with Crippen molar-refractivity contribution in [3.8, 4) is 5.75 Å². The van der Waals surface area contributed by atoms with Crippen LogP contribution in [0.15, 0.2) is 71.8 Å². The first kappa shape index (κ1) is 13.2. The first-order valence-electron chi connectivity index (χ1n) is 7.09. The Hall–Kier alpha value is -2.46. The lowest BCUT2D eigenvalue weighted by Crippen LogP contribution is -2.05. The monoisotopic (exact) mass is 306 g/mol. The highest BCUT2D eigenvalue weighted by Crippen LogP contribution is 2.39. The van der Waals surface area contributed by atoms with E-state index in [1.807, 2.05) is 48.5 Å². The highest BCUT2D eigenvalue weighted by atomic mass is 32.2. The van der Waals surface area contributed by atoms with E-state index >= 15 is 0 Å². The largest absolute Gasteiger partial charge is 0.507 e. The van der Waals surface area contributed by atoms with Crippen LogP contribution in [0.5, 0.6) is 5.75 Å². The molecule has 4 rings (SSSR count). The third-order valence-corrected chi connectivity index (χ3v) is 4.87. The van der Waals surface area contributed by atoms with E-state index in [1.165, 1.54) is 5.56 Å². The second-order valence-corrected chi connectivity index (χ2v) is 6.23. The highest BCUT2D eigenvalue weighted by Gasteiger charge is 2.25. The molecule has 4 heteroatoms. The molecule has 22 heavy (non-hydrogen) atoms. The van der Waals surface area contributed by atoms with Crippen molar-refractivity contribution in [1.82, 2.24) is 5.43 Å². The van der Waals surface area contributed by atoms with Gasteiger partial charge < -0.3 is 5.11 Å². The minimum Gasteiger partial charge on any atom is -0.507 e. The van der Waals surface area contributed by atoms with E-state index < -0.39 is 0 Å². The second-order valence-electron chi connectivity index (χ2n) is 5.14. The molecule has 3 nitrogen and oxygen atoms in total. The summed E-state index contributed by atoms with van der Waals surface area (Å²) in [5, 5.41) is 17.8. The van der Waals surface area contributed by atoms with Gasteiger partial charge in [-0.05, 0) is 22.4 Å². The van der Waals surface area contributed by atoms with Crippen molar-refractivity contribution in [2.75, 3.05) is 0 Å². The summed E-state index contributed by atoms with van der Waals surface area (Å²) in [5.41, 5.74) is 5.13. The van der Waals surface area contributed by atoms with Crippen molar-refractivity contribution in [1.29, 1.82) is 0 Å². The van der Waals surface area contributed by atoms with Gasteiger partial charge in [0.15, 0.2) is 0 Å². The molecule has 0 aliphatic carbocycles. The van der Waals surface area contributed by atoms with E-state index in [1.54, 1.807) is 17.8 Å². The Kier molecular flexibility index (Phi) is 3.24. The first-order chi connectivity index (χ1) is 10.8. The number of phenolic OH excluding ortho intramolecular Hbond substituents is 1. The van der Waals surface area contributed by atoms with Crippen LogP contribution in [0.2, 0.25) is 0 Å². The number of rotatable bonds is 2. The molecule has 3 aromatic carbocycles. The minimum absolute atomic E-state index is 0.0783. The number of thioether (sulfide) groups is 1. The molecule has 3 aromatic rings. The summed E-state index contributed by atoms with van der Waals surface area (Å²) in [6.45, 7) is 0. The number of nitrogens with one attached hydrogen (secondary N) is 1. The van der Waals surface area contributed by atoms with Crippen LogP contribution in [0, 0.1) is 0 Å². The predicted molar refractivity (Wildman–Crippen MR) is 92.1 cm³/mol. The Morgan fingerprint density at radius 1 is 0.909 bits per heavy atom. The Morgan fingerprint density at radius 2 is 1.68 bits per heavy atom. The van der Waals surface area contributed by atoms with Crippen molar-refractivity contribution >= 4 is 27.6 Å². The van der Waals surface area contributed by atoms with Crippen LogP contribution >= 0.6 is 11.8 Å². The summed E-state index contributed by atoms with van der Waals surface area (Å²) in [5.74, 6) is 0.264. The van der Waals surface area contributed by atoms with Gasteiger partial charge in [0, 0.05) is 0 Å². The molecule has 108 valence electrons. The fourth-order valence-electron chi connectivity index (χ4n) is 2.65. The first-order valence-corrected chi connectivity index (χ1v) is 7.97. The van der Waals surface area contributed by atoms with Crippen LogP contribution in [0.1, 0.15) is 16.5 Å². The summed E-state index contributed by atoms with van der Waals surface area (Å²) in [7, 11) is 0. The van der Waals surface area contributed by atoms with Crippen LogP contribution in [0.25, 0.3) is 10.8 Å². The molecular formula is C18H14N2OS. The van der Waals surface area contributed by atoms with Crippen molar-refractivity contribution in [2.45, 2.75) is 5.37 Å². The van der Waals surface area contributed by atoms with E-state index in [9.17, 15) is 5.11 Å². The Balaban J connectivity index is 1.73. The zero-order chi connectivity index (χ0) is 14.9. The molecule has 2 N–H and O–H groups in total.